The van der Waals surface area contributed by atoms with E-state index in [1.54, 1.807) is 0 Å². The predicted octanol–water partition coefficient (Wildman–Crippen LogP) is 8.75. The third-order valence-electron chi connectivity index (χ3n) is 7.15. The van der Waals surface area contributed by atoms with Crippen LogP contribution >= 0.6 is 0 Å². The van der Waals surface area contributed by atoms with Crippen molar-refractivity contribution in [1.82, 2.24) is 15.0 Å². The van der Waals surface area contributed by atoms with Gasteiger partial charge in [-0.15, -0.1) is 0 Å². The van der Waals surface area contributed by atoms with Gasteiger partial charge in [0.25, 0.3) is 0 Å². The van der Waals surface area contributed by atoms with Crippen LogP contribution in [0.2, 0.25) is 19.6 Å². The molecule has 6 aromatic rings. The maximum absolute atomic E-state index is 5.01. The number of hydrogen-bond acceptors (Lipinski definition) is 3. The second kappa shape index (κ2) is 10.8. The lowest BCUT2D eigenvalue weighted by molar-refractivity contribution is 1.07. The molecule has 0 aliphatic heterocycles. The molecule has 1 aromatic heterocycles. The molecule has 0 aliphatic carbocycles. The molecule has 3 nitrogen and oxygen atoms in total. The highest BCUT2D eigenvalue weighted by Gasteiger charge is 2.19. The van der Waals surface area contributed by atoms with E-state index in [0.29, 0.717) is 17.5 Å². The van der Waals surface area contributed by atoms with Crippen LogP contribution in [-0.2, 0) is 0 Å². The average molecular weight is 534 g/mol. The van der Waals surface area contributed by atoms with Gasteiger partial charge in [-0.3, -0.25) is 0 Å². The number of nitrogens with zero attached hydrogens (tertiary/aromatic N) is 3. The van der Waals surface area contributed by atoms with Gasteiger partial charge in [0.1, 0.15) is 0 Å². The third kappa shape index (κ3) is 5.27. The van der Waals surface area contributed by atoms with E-state index >= 15 is 0 Å². The molecule has 0 amide bonds. The average Bonchev–Trinajstić information content (AvgIpc) is 3.01. The lowest BCUT2D eigenvalue weighted by Crippen LogP contribution is -2.37. The van der Waals surface area contributed by atoms with Crippen molar-refractivity contribution < 1.29 is 0 Å². The summed E-state index contributed by atoms with van der Waals surface area (Å²) in [6.45, 7) is 7.15. The van der Waals surface area contributed by atoms with E-state index in [4.69, 9.17) is 15.0 Å². The van der Waals surface area contributed by atoms with Gasteiger partial charge >= 0.3 is 0 Å². The molecule has 0 fully saturated rings. The largest absolute Gasteiger partial charge is 0.208 e. The Hall–Kier alpha value is -4.67. The molecule has 0 aliphatic rings. The number of benzene rings is 5. The Labute approximate surface area is 237 Å². The summed E-state index contributed by atoms with van der Waals surface area (Å²) in [6, 6.07) is 46.4. The van der Waals surface area contributed by atoms with Crippen LogP contribution in [0.4, 0.5) is 0 Å². The molecule has 0 N–H and O–H groups in total. The number of aromatic nitrogens is 3. The summed E-state index contributed by atoms with van der Waals surface area (Å²) in [6.07, 6.45) is 0. The fraction of sp³-hybridized carbons (Fsp3) is 0.0833. The number of hydrogen-bond donors (Lipinski definition) is 0. The zero-order valence-corrected chi connectivity index (χ0v) is 24.0. The molecular formula is C36H31N3Si. The first-order chi connectivity index (χ1) is 19.5. The SMILES string of the molecule is C[Si](C)(C)c1ccc(-c2ccccc2-c2ccccc2-c2nc(-c3ccccc3)nc(-c3ccccc3)n2)cc1. The molecule has 0 radical (unpaired) electrons. The summed E-state index contributed by atoms with van der Waals surface area (Å²) in [5.41, 5.74) is 7.55. The van der Waals surface area contributed by atoms with Crippen LogP contribution in [0.5, 0.6) is 0 Å². The Morgan fingerprint density at radius 3 is 1.25 bits per heavy atom. The Kier molecular flexibility index (Phi) is 6.93. The summed E-state index contributed by atoms with van der Waals surface area (Å²) in [5, 5.41) is 1.46. The molecule has 0 bridgehead atoms. The minimum Gasteiger partial charge on any atom is -0.208 e. The van der Waals surface area contributed by atoms with Crippen molar-refractivity contribution >= 4 is 13.3 Å². The van der Waals surface area contributed by atoms with Crippen LogP contribution < -0.4 is 5.19 Å². The van der Waals surface area contributed by atoms with Crippen molar-refractivity contribution in [3.63, 3.8) is 0 Å². The van der Waals surface area contributed by atoms with Gasteiger partial charge in [-0.05, 0) is 22.3 Å². The highest BCUT2D eigenvalue weighted by Crippen LogP contribution is 2.37. The van der Waals surface area contributed by atoms with E-state index < -0.39 is 8.07 Å². The molecule has 6 rings (SSSR count). The van der Waals surface area contributed by atoms with Crippen LogP contribution in [0.25, 0.3) is 56.4 Å². The Bertz CT molecular complexity index is 1700. The maximum Gasteiger partial charge on any atom is 0.164 e. The lowest BCUT2D eigenvalue weighted by atomic mass is 9.91. The van der Waals surface area contributed by atoms with Crippen molar-refractivity contribution in [2.75, 3.05) is 0 Å². The first kappa shape index (κ1) is 25.6. The Balaban J connectivity index is 1.52. The van der Waals surface area contributed by atoms with Crippen molar-refractivity contribution in [3.05, 3.63) is 133 Å². The minimum absolute atomic E-state index is 0.659. The lowest BCUT2D eigenvalue weighted by Gasteiger charge is -2.18. The zero-order valence-electron chi connectivity index (χ0n) is 23.0. The molecule has 5 aromatic carbocycles. The molecule has 0 spiro atoms. The number of rotatable bonds is 6. The van der Waals surface area contributed by atoms with Crippen LogP contribution in [0, 0.1) is 0 Å². The summed E-state index contributed by atoms with van der Waals surface area (Å²) in [7, 11) is -1.38. The van der Waals surface area contributed by atoms with Gasteiger partial charge in [-0.25, -0.2) is 15.0 Å². The second-order valence-corrected chi connectivity index (χ2v) is 16.0. The van der Waals surface area contributed by atoms with Gasteiger partial charge in [-0.2, -0.15) is 0 Å². The monoisotopic (exact) mass is 533 g/mol. The third-order valence-corrected chi connectivity index (χ3v) is 9.21. The zero-order chi connectivity index (χ0) is 27.5. The molecule has 40 heavy (non-hydrogen) atoms. The summed E-state index contributed by atoms with van der Waals surface area (Å²) in [5.74, 6) is 1.98. The van der Waals surface area contributed by atoms with E-state index in [-0.39, 0.29) is 0 Å². The van der Waals surface area contributed by atoms with Crippen molar-refractivity contribution in [2.24, 2.45) is 0 Å². The molecule has 4 heteroatoms. The van der Waals surface area contributed by atoms with E-state index in [1.165, 1.54) is 16.3 Å². The molecule has 0 saturated carbocycles. The molecule has 1 heterocycles. The summed E-state index contributed by atoms with van der Waals surface area (Å²) < 4.78 is 0. The first-order valence-electron chi connectivity index (χ1n) is 13.6. The molecule has 194 valence electrons. The van der Waals surface area contributed by atoms with E-state index in [2.05, 4.69) is 92.4 Å². The minimum atomic E-state index is -1.38. The highest BCUT2D eigenvalue weighted by atomic mass is 28.3. The topological polar surface area (TPSA) is 38.7 Å². The first-order valence-corrected chi connectivity index (χ1v) is 17.1. The maximum atomic E-state index is 5.01. The quantitative estimate of drug-likeness (QED) is 0.201. The fourth-order valence-corrected chi connectivity index (χ4v) is 6.13. The van der Waals surface area contributed by atoms with Crippen molar-refractivity contribution in [1.29, 1.82) is 0 Å². The van der Waals surface area contributed by atoms with Crippen LogP contribution in [0.1, 0.15) is 0 Å². The normalized spacial score (nSPS) is 11.4. The van der Waals surface area contributed by atoms with Gasteiger partial charge in [-0.1, -0.05) is 158 Å². The van der Waals surface area contributed by atoms with Crippen molar-refractivity contribution in [3.8, 4) is 56.4 Å². The Morgan fingerprint density at radius 2 is 0.750 bits per heavy atom. The molecule has 0 saturated heterocycles. The smallest absolute Gasteiger partial charge is 0.164 e. The summed E-state index contributed by atoms with van der Waals surface area (Å²) >= 11 is 0. The van der Waals surface area contributed by atoms with Crippen LogP contribution in [0.3, 0.4) is 0 Å². The predicted molar refractivity (Wildman–Crippen MR) is 170 cm³/mol. The molecule has 0 unspecified atom stereocenters. The van der Waals surface area contributed by atoms with Gasteiger partial charge in [0.15, 0.2) is 17.5 Å². The van der Waals surface area contributed by atoms with E-state index in [1.807, 2.05) is 60.7 Å². The van der Waals surface area contributed by atoms with Gasteiger partial charge in [0.2, 0.25) is 0 Å². The van der Waals surface area contributed by atoms with Gasteiger partial charge in [0.05, 0.1) is 8.07 Å². The van der Waals surface area contributed by atoms with Crippen molar-refractivity contribution in [2.45, 2.75) is 19.6 Å². The highest BCUT2D eigenvalue weighted by molar-refractivity contribution is 6.88. The molecule has 0 atom stereocenters. The fourth-order valence-electron chi connectivity index (χ4n) is 4.96. The van der Waals surface area contributed by atoms with Crippen LogP contribution in [-0.4, -0.2) is 23.0 Å². The van der Waals surface area contributed by atoms with Gasteiger partial charge < -0.3 is 0 Å². The summed E-state index contributed by atoms with van der Waals surface area (Å²) in [4.78, 5) is 14.9. The van der Waals surface area contributed by atoms with E-state index in [0.717, 1.165) is 27.8 Å². The second-order valence-electron chi connectivity index (χ2n) is 11.0. The van der Waals surface area contributed by atoms with Crippen LogP contribution in [0.15, 0.2) is 133 Å². The standard InChI is InChI=1S/C36H31N3Si/c1-40(2,3)29-24-22-26(23-25-29)30-18-10-11-19-31(30)32-20-12-13-21-33(32)36-38-34(27-14-6-4-7-15-27)37-35(39-36)28-16-8-5-9-17-28/h4-25H,1-3H3. The molecular weight excluding hydrogens is 503 g/mol. The van der Waals surface area contributed by atoms with Gasteiger partial charge in [0, 0.05) is 16.7 Å². The van der Waals surface area contributed by atoms with E-state index in [9.17, 15) is 0 Å². The Morgan fingerprint density at radius 1 is 0.350 bits per heavy atom.